The van der Waals surface area contributed by atoms with Crippen molar-refractivity contribution >= 4 is 34.6 Å². The van der Waals surface area contributed by atoms with Crippen LogP contribution < -0.4 is 9.65 Å². The Morgan fingerprint density at radius 1 is 0.635 bits per heavy atom. The molecule has 0 spiro atoms. The number of carbonyl (C=O) groups is 2. The monoisotopic (exact) mass is 770 g/mol. The minimum Gasteiger partial charge on any atom is -0.465 e. The molecule has 4 aromatic rings. The second-order valence-electron chi connectivity index (χ2n) is 9.58. The third kappa shape index (κ3) is 12.6. The largest absolute Gasteiger partial charge is 0.534 e. The first-order chi connectivity index (χ1) is 23.5. The highest BCUT2D eigenvalue weighted by molar-refractivity contribution is 7.88. The predicted octanol–water partition coefficient (Wildman–Crippen LogP) is 6.88. The summed E-state index contributed by atoms with van der Waals surface area (Å²) in [6.45, 7) is 0. The van der Waals surface area contributed by atoms with Crippen LogP contribution in [0.5, 0.6) is 5.75 Å². The van der Waals surface area contributed by atoms with Gasteiger partial charge in [0.25, 0.3) is 0 Å². The van der Waals surface area contributed by atoms with Gasteiger partial charge < -0.3 is 23.7 Å². The van der Waals surface area contributed by atoms with Crippen LogP contribution in [0, 0.1) is 0 Å². The molecule has 0 radical (unpaired) electrons. The molecule has 0 saturated heterocycles. The minimum absolute atomic E-state index is 0. The molecular formula is C32H28BF9O9S. The van der Waals surface area contributed by atoms with Crippen molar-refractivity contribution in [2.45, 2.75) is 25.3 Å². The Morgan fingerprint density at radius 2 is 1.06 bits per heavy atom. The van der Waals surface area contributed by atoms with Crippen LogP contribution >= 0.6 is 0 Å². The second-order valence-corrected chi connectivity index (χ2v) is 11.1. The Labute approximate surface area is 291 Å². The molecule has 0 fully saturated rings. The molecule has 0 bridgehead atoms. The molecule has 20 heteroatoms. The zero-order valence-corrected chi connectivity index (χ0v) is 26.7. The van der Waals surface area contributed by atoms with Crippen LogP contribution in [0.1, 0.15) is 39.3 Å². The lowest BCUT2D eigenvalue weighted by Crippen LogP contribution is -2.29. The van der Waals surface area contributed by atoms with Crippen molar-refractivity contribution in [3.63, 3.8) is 0 Å². The third-order valence-corrected chi connectivity index (χ3v) is 7.08. The van der Waals surface area contributed by atoms with Gasteiger partial charge in [0.05, 0.1) is 30.9 Å². The van der Waals surface area contributed by atoms with Crippen molar-refractivity contribution in [3.8, 4) is 16.9 Å². The predicted molar refractivity (Wildman–Crippen MR) is 170 cm³/mol. The zero-order valence-electron chi connectivity index (χ0n) is 25.9. The summed E-state index contributed by atoms with van der Waals surface area (Å²) in [5, 5.41) is 17.2. The van der Waals surface area contributed by atoms with E-state index in [4.69, 9.17) is 10.0 Å². The third-order valence-electron chi connectivity index (χ3n) is 6.12. The fourth-order valence-corrected chi connectivity index (χ4v) is 4.23. The van der Waals surface area contributed by atoms with E-state index in [2.05, 4.69) is 13.7 Å². The summed E-state index contributed by atoms with van der Waals surface area (Å²) in [5.74, 6) is -3.61. The summed E-state index contributed by atoms with van der Waals surface area (Å²) in [7, 11) is -5.64. The summed E-state index contributed by atoms with van der Waals surface area (Å²) < 4.78 is 148. The van der Waals surface area contributed by atoms with E-state index >= 15 is 0 Å². The summed E-state index contributed by atoms with van der Waals surface area (Å²) in [4.78, 5) is 22.5. The van der Waals surface area contributed by atoms with Gasteiger partial charge in [0.15, 0.2) is 5.75 Å². The Bertz CT molecular complexity index is 1880. The quantitative estimate of drug-likeness (QED) is 0.0707. The Balaban J connectivity index is 0.000000416. The molecule has 0 amide bonds. The van der Waals surface area contributed by atoms with Crippen LogP contribution in [0.25, 0.3) is 11.1 Å². The van der Waals surface area contributed by atoms with Gasteiger partial charge in [0.2, 0.25) is 0 Å². The first-order valence-electron chi connectivity index (χ1n) is 13.6. The maximum atomic E-state index is 13.1. The first kappa shape index (κ1) is 44.9. The highest BCUT2D eigenvalue weighted by atomic mass is 32.2. The summed E-state index contributed by atoms with van der Waals surface area (Å²) in [6.07, 6.45) is -9.81. The van der Waals surface area contributed by atoms with E-state index in [1.807, 2.05) is 6.07 Å². The molecule has 9 nitrogen and oxygen atoms in total. The van der Waals surface area contributed by atoms with Crippen molar-refractivity contribution in [2.24, 2.45) is 0 Å². The van der Waals surface area contributed by atoms with Crippen LogP contribution in [-0.4, -0.2) is 57.3 Å². The molecule has 0 heterocycles. The molecule has 0 saturated carbocycles. The van der Waals surface area contributed by atoms with E-state index in [1.54, 1.807) is 54.6 Å². The Kier molecular flexibility index (Phi) is 15.9. The van der Waals surface area contributed by atoms with Crippen LogP contribution in [-0.2, 0) is 31.9 Å². The molecule has 4 aromatic carbocycles. The van der Waals surface area contributed by atoms with Gasteiger partial charge >= 0.3 is 47.0 Å². The van der Waals surface area contributed by atoms with Gasteiger partial charge in [-0.15, -0.1) is 0 Å². The molecule has 0 aliphatic heterocycles. The number of halogens is 9. The fourth-order valence-electron chi connectivity index (χ4n) is 3.75. The van der Waals surface area contributed by atoms with Crippen LogP contribution in [0.3, 0.4) is 0 Å². The standard InChI is InChI=1S/C15H11F3O2.C10H6F6O5S.C6H7BO2.CH4/c1-20-14(19)11-7-8-12(10-5-3-2-4-6-10)13(9-11)15(16,17)18;1-20-8(17)5-2-3-7(6(4-5)9(11,12)13)21-22(18,19)10(14,15)16;8-7(9)6-4-2-1-3-5-6;/h2-9H,1H3;2-4H,1H3;1-5,8-9H;1H4. The minimum atomic E-state index is -6.29. The maximum Gasteiger partial charge on any atom is 0.534 e. The number of benzene rings is 4. The number of carbonyl (C=O) groups excluding carboxylic acids is 2. The van der Waals surface area contributed by atoms with Crippen molar-refractivity contribution < 1.29 is 81.2 Å². The van der Waals surface area contributed by atoms with Crippen molar-refractivity contribution in [3.05, 3.63) is 119 Å². The molecule has 52 heavy (non-hydrogen) atoms. The molecule has 2 N–H and O–H groups in total. The van der Waals surface area contributed by atoms with E-state index in [0.29, 0.717) is 17.1 Å². The molecule has 0 atom stereocenters. The molecule has 0 unspecified atom stereocenters. The summed E-state index contributed by atoms with van der Waals surface area (Å²) >= 11 is 0. The van der Waals surface area contributed by atoms with E-state index in [-0.39, 0.29) is 30.7 Å². The van der Waals surface area contributed by atoms with Gasteiger partial charge in [0, 0.05) is 0 Å². The van der Waals surface area contributed by atoms with Gasteiger partial charge in [-0.2, -0.15) is 47.9 Å². The lowest BCUT2D eigenvalue weighted by molar-refractivity contribution is -0.138. The van der Waals surface area contributed by atoms with Gasteiger partial charge in [-0.25, -0.2) is 9.59 Å². The second kappa shape index (κ2) is 18.4. The SMILES string of the molecule is C.COC(=O)c1ccc(-c2ccccc2)c(C(F)(F)F)c1.COC(=O)c1ccc(OS(=O)(=O)C(F)(F)F)c(C(F)(F)F)c1.OB(O)c1ccccc1. The number of hydrogen-bond donors (Lipinski definition) is 2. The lowest BCUT2D eigenvalue weighted by atomic mass is 9.81. The number of alkyl halides is 9. The molecule has 0 aromatic heterocycles. The number of rotatable bonds is 6. The van der Waals surface area contributed by atoms with E-state index < -0.39 is 69.5 Å². The smallest absolute Gasteiger partial charge is 0.465 e. The zero-order chi connectivity index (χ0) is 38.8. The molecule has 0 aliphatic rings. The Morgan fingerprint density at radius 3 is 1.44 bits per heavy atom. The summed E-state index contributed by atoms with van der Waals surface area (Å²) in [5.41, 5.74) is -8.41. The van der Waals surface area contributed by atoms with Crippen molar-refractivity contribution in [1.29, 1.82) is 0 Å². The molecular weight excluding hydrogens is 742 g/mol. The maximum absolute atomic E-state index is 13.1. The molecule has 282 valence electrons. The van der Waals surface area contributed by atoms with Gasteiger partial charge in [-0.05, 0) is 46.9 Å². The average Bonchev–Trinajstić information content (AvgIpc) is 3.07. The number of methoxy groups -OCH3 is 2. The van der Waals surface area contributed by atoms with Gasteiger partial charge in [-0.1, -0.05) is 74.2 Å². The highest BCUT2D eigenvalue weighted by Gasteiger charge is 2.50. The molecule has 4 rings (SSSR count). The van der Waals surface area contributed by atoms with Crippen molar-refractivity contribution in [1.82, 2.24) is 0 Å². The lowest BCUT2D eigenvalue weighted by Gasteiger charge is -2.15. The van der Waals surface area contributed by atoms with E-state index in [9.17, 15) is 57.5 Å². The topological polar surface area (TPSA) is 136 Å². The molecule has 0 aliphatic carbocycles. The Hall–Kier alpha value is -5.08. The number of hydrogen-bond acceptors (Lipinski definition) is 9. The van der Waals surface area contributed by atoms with Crippen LogP contribution in [0.4, 0.5) is 39.5 Å². The van der Waals surface area contributed by atoms with Crippen molar-refractivity contribution in [2.75, 3.05) is 14.2 Å². The summed E-state index contributed by atoms with van der Waals surface area (Å²) in [6, 6.07) is 21.3. The van der Waals surface area contributed by atoms with Crippen LogP contribution in [0.2, 0.25) is 0 Å². The average molecular weight is 770 g/mol. The van der Waals surface area contributed by atoms with Gasteiger partial charge in [0.1, 0.15) is 5.56 Å². The highest BCUT2D eigenvalue weighted by Crippen LogP contribution is 2.40. The van der Waals surface area contributed by atoms with Crippen LogP contribution in [0.15, 0.2) is 97.1 Å². The fraction of sp³-hybridized carbons (Fsp3) is 0.188. The normalized spacial score (nSPS) is 11.3. The number of esters is 2. The van der Waals surface area contributed by atoms with E-state index in [1.165, 1.54) is 12.1 Å². The van der Waals surface area contributed by atoms with Gasteiger partial charge in [-0.3, -0.25) is 0 Å². The first-order valence-corrected chi connectivity index (χ1v) is 15.0. The van der Waals surface area contributed by atoms with E-state index in [0.717, 1.165) is 20.3 Å². The number of ether oxygens (including phenoxy) is 2.